The number of rotatable bonds is 4. The van der Waals surface area contributed by atoms with Crippen LogP contribution in [0.25, 0.3) is 0 Å². The summed E-state index contributed by atoms with van der Waals surface area (Å²) in [6.07, 6.45) is 3.33. The average Bonchev–Trinajstić information content (AvgIpc) is 2.97. The SMILES string of the molecule is Cc1c(CN2CCc3ccccc3C2)ccn1Cc1ccccc1Cl.Cl. The number of hydrogen-bond donors (Lipinski definition) is 0. The second-order valence-electron chi connectivity index (χ2n) is 6.88. The highest BCUT2D eigenvalue weighted by Gasteiger charge is 2.17. The molecule has 0 atom stereocenters. The van der Waals surface area contributed by atoms with Gasteiger partial charge >= 0.3 is 0 Å². The Balaban J connectivity index is 0.00000196. The van der Waals surface area contributed by atoms with E-state index in [9.17, 15) is 0 Å². The molecule has 0 radical (unpaired) electrons. The van der Waals surface area contributed by atoms with E-state index < -0.39 is 0 Å². The fraction of sp³-hybridized carbons (Fsp3) is 0.273. The molecule has 136 valence electrons. The van der Waals surface area contributed by atoms with Gasteiger partial charge in [0.25, 0.3) is 0 Å². The summed E-state index contributed by atoms with van der Waals surface area (Å²) in [7, 11) is 0. The third-order valence-corrected chi connectivity index (χ3v) is 5.62. The van der Waals surface area contributed by atoms with Gasteiger partial charge in [-0.05, 0) is 47.7 Å². The molecule has 0 fully saturated rings. The Morgan fingerprint density at radius 3 is 2.42 bits per heavy atom. The van der Waals surface area contributed by atoms with Crippen molar-refractivity contribution in [2.24, 2.45) is 0 Å². The first kappa shape index (κ1) is 19.0. The normalized spacial score (nSPS) is 13.9. The van der Waals surface area contributed by atoms with E-state index >= 15 is 0 Å². The summed E-state index contributed by atoms with van der Waals surface area (Å²) in [5.74, 6) is 0. The number of hydrogen-bond acceptors (Lipinski definition) is 1. The highest BCUT2D eigenvalue weighted by atomic mass is 35.5. The van der Waals surface area contributed by atoms with Crippen LogP contribution < -0.4 is 0 Å². The van der Waals surface area contributed by atoms with E-state index in [-0.39, 0.29) is 12.4 Å². The van der Waals surface area contributed by atoms with Crippen LogP contribution in [0.5, 0.6) is 0 Å². The molecule has 2 heterocycles. The molecule has 3 aromatic rings. The zero-order chi connectivity index (χ0) is 17.2. The van der Waals surface area contributed by atoms with Gasteiger partial charge in [0.1, 0.15) is 0 Å². The summed E-state index contributed by atoms with van der Waals surface area (Å²) in [4.78, 5) is 2.55. The van der Waals surface area contributed by atoms with Crippen molar-refractivity contribution in [2.75, 3.05) is 6.54 Å². The van der Waals surface area contributed by atoms with Crippen molar-refractivity contribution < 1.29 is 0 Å². The van der Waals surface area contributed by atoms with E-state index in [1.165, 1.54) is 27.9 Å². The minimum Gasteiger partial charge on any atom is -0.347 e. The molecule has 0 unspecified atom stereocenters. The van der Waals surface area contributed by atoms with Crippen LogP contribution in [0.1, 0.15) is 27.9 Å². The lowest BCUT2D eigenvalue weighted by atomic mass is 9.99. The van der Waals surface area contributed by atoms with Gasteiger partial charge in [-0.15, -0.1) is 12.4 Å². The van der Waals surface area contributed by atoms with Crippen molar-refractivity contribution in [3.8, 4) is 0 Å². The van der Waals surface area contributed by atoms with Gasteiger partial charge in [-0.3, -0.25) is 4.90 Å². The van der Waals surface area contributed by atoms with Crippen molar-refractivity contribution >= 4 is 24.0 Å². The summed E-state index contributed by atoms with van der Waals surface area (Å²) in [6.45, 7) is 6.23. The van der Waals surface area contributed by atoms with Crippen molar-refractivity contribution in [1.82, 2.24) is 9.47 Å². The molecule has 4 heteroatoms. The fourth-order valence-corrected chi connectivity index (χ4v) is 3.87. The maximum absolute atomic E-state index is 6.32. The number of halogens is 2. The predicted octanol–water partition coefficient (Wildman–Crippen LogP) is 5.48. The van der Waals surface area contributed by atoms with E-state index in [0.29, 0.717) is 0 Å². The van der Waals surface area contributed by atoms with E-state index in [4.69, 9.17) is 11.6 Å². The van der Waals surface area contributed by atoms with Crippen LogP contribution in [0, 0.1) is 6.92 Å². The van der Waals surface area contributed by atoms with Crippen molar-refractivity contribution in [1.29, 1.82) is 0 Å². The Morgan fingerprint density at radius 1 is 0.885 bits per heavy atom. The van der Waals surface area contributed by atoms with Crippen LogP contribution in [0.2, 0.25) is 5.02 Å². The monoisotopic (exact) mass is 386 g/mol. The Kier molecular flexibility index (Phi) is 6.08. The van der Waals surface area contributed by atoms with Gasteiger partial charge in [0.15, 0.2) is 0 Å². The first-order chi connectivity index (χ1) is 12.2. The first-order valence-electron chi connectivity index (χ1n) is 8.88. The summed E-state index contributed by atoms with van der Waals surface area (Å²) in [5.41, 5.74) is 6.89. The molecule has 0 N–H and O–H groups in total. The second kappa shape index (κ2) is 8.30. The lowest BCUT2D eigenvalue weighted by Crippen LogP contribution is -2.30. The zero-order valence-corrected chi connectivity index (χ0v) is 16.6. The lowest BCUT2D eigenvalue weighted by molar-refractivity contribution is 0.245. The van der Waals surface area contributed by atoms with Crippen molar-refractivity contribution in [3.05, 3.63) is 93.8 Å². The standard InChI is InChI=1S/C22H23ClN2.ClH/c1-17-19(11-13-25(17)16-21-8-4-5-9-22(21)23)14-24-12-10-18-6-2-3-7-20(18)15-24;/h2-9,11,13H,10,12,14-16H2,1H3;1H. The highest BCUT2D eigenvalue weighted by Crippen LogP contribution is 2.23. The molecule has 0 saturated carbocycles. The molecule has 0 aliphatic carbocycles. The number of nitrogens with zero attached hydrogens (tertiary/aromatic N) is 2. The van der Waals surface area contributed by atoms with E-state index in [1.54, 1.807) is 0 Å². The quantitative estimate of drug-likeness (QED) is 0.576. The van der Waals surface area contributed by atoms with Crippen LogP contribution in [-0.4, -0.2) is 16.0 Å². The summed E-state index contributed by atoms with van der Waals surface area (Å²) >= 11 is 6.32. The lowest BCUT2D eigenvalue weighted by Gasteiger charge is -2.28. The molecule has 1 aliphatic heterocycles. The first-order valence-corrected chi connectivity index (χ1v) is 9.25. The van der Waals surface area contributed by atoms with Gasteiger partial charge in [-0.25, -0.2) is 0 Å². The van der Waals surface area contributed by atoms with Crippen molar-refractivity contribution in [3.63, 3.8) is 0 Å². The Hall–Kier alpha value is -1.74. The van der Waals surface area contributed by atoms with E-state index in [2.05, 4.69) is 59.0 Å². The largest absolute Gasteiger partial charge is 0.347 e. The van der Waals surface area contributed by atoms with Crippen LogP contribution >= 0.6 is 24.0 Å². The molecule has 0 spiro atoms. The molecule has 2 nitrogen and oxygen atoms in total. The molecular formula is C22H24Cl2N2. The minimum atomic E-state index is 0. The average molecular weight is 387 g/mol. The summed E-state index contributed by atoms with van der Waals surface area (Å²) in [5, 5.41) is 0.838. The van der Waals surface area contributed by atoms with Gasteiger partial charge in [-0.2, -0.15) is 0 Å². The highest BCUT2D eigenvalue weighted by molar-refractivity contribution is 6.31. The van der Waals surface area contributed by atoms with Crippen LogP contribution in [0.15, 0.2) is 60.8 Å². The summed E-state index contributed by atoms with van der Waals surface area (Å²) in [6, 6.07) is 19.2. The van der Waals surface area contributed by atoms with E-state index in [1.807, 2.05) is 18.2 Å². The Bertz CT molecular complexity index is 885. The number of aromatic nitrogens is 1. The smallest absolute Gasteiger partial charge is 0.0487 e. The van der Waals surface area contributed by atoms with E-state index in [0.717, 1.165) is 37.6 Å². The topological polar surface area (TPSA) is 8.17 Å². The molecule has 1 aromatic heterocycles. The molecular weight excluding hydrogens is 363 g/mol. The zero-order valence-electron chi connectivity index (χ0n) is 15.0. The third kappa shape index (κ3) is 3.98. The van der Waals surface area contributed by atoms with Crippen molar-refractivity contribution in [2.45, 2.75) is 33.0 Å². The molecule has 1 aliphatic rings. The summed E-state index contributed by atoms with van der Waals surface area (Å²) < 4.78 is 2.30. The Labute approximate surface area is 166 Å². The van der Waals surface area contributed by atoms with Gasteiger partial charge in [0.2, 0.25) is 0 Å². The molecule has 0 saturated heterocycles. The fourth-order valence-electron chi connectivity index (χ4n) is 3.68. The minimum absolute atomic E-state index is 0. The molecule has 0 bridgehead atoms. The Morgan fingerprint density at radius 2 is 1.62 bits per heavy atom. The maximum atomic E-state index is 6.32. The van der Waals surface area contributed by atoms with Crippen LogP contribution in [0.3, 0.4) is 0 Å². The van der Waals surface area contributed by atoms with Gasteiger partial charge in [-0.1, -0.05) is 54.1 Å². The molecule has 2 aromatic carbocycles. The number of fused-ring (bicyclic) bond motifs is 1. The number of benzene rings is 2. The molecule has 4 rings (SSSR count). The second-order valence-corrected chi connectivity index (χ2v) is 7.28. The van der Waals surface area contributed by atoms with Crippen LogP contribution in [-0.2, 0) is 26.1 Å². The molecule has 0 amide bonds. The van der Waals surface area contributed by atoms with Gasteiger partial charge < -0.3 is 4.57 Å². The van der Waals surface area contributed by atoms with Gasteiger partial charge in [0.05, 0.1) is 0 Å². The molecule has 26 heavy (non-hydrogen) atoms. The third-order valence-electron chi connectivity index (χ3n) is 5.25. The predicted molar refractivity (Wildman–Crippen MR) is 111 cm³/mol. The van der Waals surface area contributed by atoms with Crippen LogP contribution in [0.4, 0.5) is 0 Å². The maximum Gasteiger partial charge on any atom is 0.0487 e. The van der Waals surface area contributed by atoms with Gasteiger partial charge in [0, 0.05) is 43.1 Å².